The van der Waals surface area contributed by atoms with Crippen LogP contribution < -0.4 is 0 Å². The third-order valence-corrected chi connectivity index (χ3v) is 5.47. The van der Waals surface area contributed by atoms with Crippen LogP contribution in [0.4, 0.5) is 0 Å². The van der Waals surface area contributed by atoms with Gasteiger partial charge in [0.25, 0.3) is 0 Å². The molecule has 7 heteroatoms. The molecule has 0 aliphatic carbocycles. The minimum Gasteiger partial charge on any atom is -0.355 e. The Morgan fingerprint density at radius 2 is 2.09 bits per heavy atom. The fraction of sp³-hybridized carbons (Fsp3) is 0.125. The van der Waals surface area contributed by atoms with E-state index in [1.807, 2.05) is 58.6 Å². The zero-order chi connectivity index (χ0) is 15.6. The summed E-state index contributed by atoms with van der Waals surface area (Å²) >= 11 is 1.59. The molecule has 1 atom stereocenters. The van der Waals surface area contributed by atoms with Gasteiger partial charge in [0.1, 0.15) is 5.65 Å². The Balaban J connectivity index is 1.45. The molecule has 0 aliphatic heterocycles. The first-order chi connectivity index (χ1) is 11.3. The predicted octanol–water partition coefficient (Wildman–Crippen LogP) is 3.50. The second-order valence-corrected chi connectivity index (χ2v) is 7.49. The number of hydrogen-bond donors (Lipinski definition) is 0. The van der Waals surface area contributed by atoms with Crippen molar-refractivity contribution in [3.63, 3.8) is 0 Å². The van der Waals surface area contributed by atoms with Crippen molar-refractivity contribution in [2.45, 2.75) is 11.5 Å². The summed E-state index contributed by atoms with van der Waals surface area (Å²) < 4.78 is 19.6. The number of fused-ring (bicyclic) bond motifs is 1. The lowest BCUT2D eigenvalue weighted by molar-refractivity contribution is 0.427. The van der Waals surface area contributed by atoms with Gasteiger partial charge in [-0.05, 0) is 23.6 Å². The molecule has 0 saturated carbocycles. The first kappa shape index (κ1) is 14.3. The van der Waals surface area contributed by atoms with Crippen molar-refractivity contribution >= 4 is 27.8 Å². The van der Waals surface area contributed by atoms with Gasteiger partial charge in [-0.3, -0.25) is 4.21 Å². The normalized spacial score (nSPS) is 12.7. The fourth-order valence-corrected chi connectivity index (χ4v) is 4.06. The highest BCUT2D eigenvalue weighted by Crippen LogP contribution is 2.25. The van der Waals surface area contributed by atoms with Crippen LogP contribution in [0, 0.1) is 0 Å². The molecule has 4 aromatic rings. The zero-order valence-electron chi connectivity index (χ0n) is 12.1. The molecular weight excluding hydrogens is 330 g/mol. The van der Waals surface area contributed by atoms with Crippen molar-refractivity contribution in [2.75, 3.05) is 0 Å². The van der Waals surface area contributed by atoms with Crippen molar-refractivity contribution in [1.82, 2.24) is 14.5 Å². The van der Waals surface area contributed by atoms with Crippen LogP contribution in [0.1, 0.15) is 11.4 Å². The Morgan fingerprint density at radius 3 is 2.91 bits per heavy atom. The molecule has 0 bridgehead atoms. The van der Waals surface area contributed by atoms with E-state index in [4.69, 9.17) is 4.52 Å². The molecule has 0 amide bonds. The van der Waals surface area contributed by atoms with E-state index in [9.17, 15) is 4.21 Å². The second kappa shape index (κ2) is 6.10. The molecule has 0 N–H and O–H groups in total. The van der Waals surface area contributed by atoms with Gasteiger partial charge in [-0.15, -0.1) is 11.3 Å². The van der Waals surface area contributed by atoms with Crippen molar-refractivity contribution in [3.05, 3.63) is 65.6 Å². The molecule has 4 heterocycles. The SMILES string of the molecule is O=S(Cc1cc(-c2cccs2)on1)Cc1cn2ccccc2n1. The number of thiophene rings is 1. The van der Waals surface area contributed by atoms with Crippen LogP contribution in [0.15, 0.2) is 58.7 Å². The molecule has 0 fully saturated rings. The molecule has 1 unspecified atom stereocenters. The molecular formula is C16H13N3O2S2. The van der Waals surface area contributed by atoms with Gasteiger partial charge in [0.2, 0.25) is 0 Å². The molecule has 5 nitrogen and oxygen atoms in total. The lowest BCUT2D eigenvalue weighted by atomic mass is 10.3. The number of pyridine rings is 1. The van der Waals surface area contributed by atoms with Crippen LogP contribution in [-0.4, -0.2) is 18.8 Å². The second-order valence-electron chi connectivity index (χ2n) is 5.09. The third-order valence-electron chi connectivity index (χ3n) is 3.35. The lowest BCUT2D eigenvalue weighted by Crippen LogP contribution is -1.99. The average Bonchev–Trinajstić information content (AvgIpc) is 3.26. The first-order valence-electron chi connectivity index (χ1n) is 7.05. The number of imidazole rings is 1. The Morgan fingerprint density at radius 1 is 1.17 bits per heavy atom. The third kappa shape index (κ3) is 3.11. The summed E-state index contributed by atoms with van der Waals surface area (Å²) in [4.78, 5) is 5.49. The maximum absolute atomic E-state index is 12.3. The quantitative estimate of drug-likeness (QED) is 0.556. The van der Waals surface area contributed by atoms with Gasteiger partial charge in [0, 0.05) is 29.3 Å². The first-order valence-corrected chi connectivity index (χ1v) is 9.42. The van der Waals surface area contributed by atoms with E-state index >= 15 is 0 Å². The maximum atomic E-state index is 12.3. The largest absolute Gasteiger partial charge is 0.355 e. The molecule has 116 valence electrons. The Bertz CT molecular complexity index is 924. The molecule has 0 aliphatic rings. The topological polar surface area (TPSA) is 60.4 Å². The number of hydrogen-bond acceptors (Lipinski definition) is 5. The van der Waals surface area contributed by atoms with Crippen molar-refractivity contribution < 1.29 is 8.73 Å². The molecule has 4 aromatic heterocycles. The highest BCUT2D eigenvalue weighted by atomic mass is 32.2. The summed E-state index contributed by atoms with van der Waals surface area (Å²) in [7, 11) is -1.08. The average molecular weight is 343 g/mol. The summed E-state index contributed by atoms with van der Waals surface area (Å²) in [5.41, 5.74) is 2.38. The summed E-state index contributed by atoms with van der Waals surface area (Å²) in [6.45, 7) is 0. The Kier molecular flexibility index (Phi) is 3.80. The summed E-state index contributed by atoms with van der Waals surface area (Å²) in [6, 6.07) is 11.6. The van der Waals surface area contributed by atoms with Crippen LogP contribution in [0.2, 0.25) is 0 Å². The van der Waals surface area contributed by atoms with Gasteiger partial charge >= 0.3 is 0 Å². The van der Waals surface area contributed by atoms with Gasteiger partial charge in [-0.25, -0.2) is 4.98 Å². The van der Waals surface area contributed by atoms with Gasteiger partial charge in [-0.2, -0.15) is 0 Å². The highest BCUT2D eigenvalue weighted by molar-refractivity contribution is 7.83. The van der Waals surface area contributed by atoms with Gasteiger partial charge in [-0.1, -0.05) is 17.3 Å². The van der Waals surface area contributed by atoms with E-state index < -0.39 is 10.8 Å². The van der Waals surface area contributed by atoms with Crippen molar-refractivity contribution in [2.24, 2.45) is 0 Å². The minimum atomic E-state index is -1.08. The molecule has 0 saturated heterocycles. The highest BCUT2D eigenvalue weighted by Gasteiger charge is 2.12. The van der Waals surface area contributed by atoms with Gasteiger partial charge in [0.15, 0.2) is 5.76 Å². The predicted molar refractivity (Wildman–Crippen MR) is 90.6 cm³/mol. The summed E-state index contributed by atoms with van der Waals surface area (Å²) in [5.74, 6) is 1.49. The van der Waals surface area contributed by atoms with E-state index in [0.717, 1.165) is 22.0 Å². The lowest BCUT2D eigenvalue weighted by Gasteiger charge is -1.95. The van der Waals surface area contributed by atoms with Crippen molar-refractivity contribution in [1.29, 1.82) is 0 Å². The minimum absolute atomic E-state index is 0.364. The van der Waals surface area contributed by atoms with Crippen LogP contribution >= 0.6 is 11.3 Å². The van der Waals surface area contributed by atoms with E-state index in [2.05, 4.69) is 10.1 Å². The fourth-order valence-electron chi connectivity index (χ4n) is 2.35. The van der Waals surface area contributed by atoms with E-state index in [1.165, 1.54) is 0 Å². The Labute approximate surface area is 139 Å². The summed E-state index contributed by atoms with van der Waals surface area (Å²) in [5, 5.41) is 5.99. The van der Waals surface area contributed by atoms with Gasteiger partial charge < -0.3 is 8.92 Å². The molecule has 23 heavy (non-hydrogen) atoms. The molecule has 0 radical (unpaired) electrons. The number of aromatic nitrogens is 3. The molecule has 0 aromatic carbocycles. The molecule has 0 spiro atoms. The zero-order valence-corrected chi connectivity index (χ0v) is 13.7. The standard InChI is InChI=1S/C16H13N3O2S2/c20-23(11-13-9-19-6-2-1-5-16(19)17-13)10-12-8-14(21-18-12)15-4-3-7-22-15/h1-9H,10-11H2. The van der Waals surface area contributed by atoms with Crippen LogP contribution in [0.5, 0.6) is 0 Å². The number of rotatable bonds is 5. The number of nitrogens with zero attached hydrogens (tertiary/aromatic N) is 3. The van der Waals surface area contributed by atoms with Crippen molar-refractivity contribution in [3.8, 4) is 10.6 Å². The van der Waals surface area contributed by atoms with Crippen LogP contribution in [0.3, 0.4) is 0 Å². The smallest absolute Gasteiger partial charge is 0.177 e. The van der Waals surface area contributed by atoms with Gasteiger partial charge in [0.05, 0.1) is 27.8 Å². The maximum Gasteiger partial charge on any atom is 0.177 e. The van der Waals surface area contributed by atoms with Crippen LogP contribution in [0.25, 0.3) is 16.3 Å². The van der Waals surface area contributed by atoms with E-state index in [-0.39, 0.29) is 0 Å². The monoisotopic (exact) mass is 343 g/mol. The summed E-state index contributed by atoms with van der Waals surface area (Å²) in [6.07, 6.45) is 3.84. The molecule has 4 rings (SSSR count). The Hall–Kier alpha value is -2.25. The van der Waals surface area contributed by atoms with E-state index in [0.29, 0.717) is 17.2 Å². The van der Waals surface area contributed by atoms with Crippen LogP contribution in [-0.2, 0) is 22.3 Å². The van der Waals surface area contributed by atoms with E-state index in [1.54, 1.807) is 11.3 Å².